The normalized spacial score (nSPS) is 12.0. The van der Waals surface area contributed by atoms with Gasteiger partial charge in [0.25, 0.3) is 10.0 Å². The summed E-state index contributed by atoms with van der Waals surface area (Å²) in [7, 11) is -4.67. The van der Waals surface area contributed by atoms with Crippen molar-refractivity contribution < 1.29 is 36.6 Å². The maximum Gasteiger partial charge on any atom is 0.416 e. The predicted molar refractivity (Wildman–Crippen MR) is 86.7 cm³/mol. The molecule has 2 aromatic rings. The van der Waals surface area contributed by atoms with Crippen LogP contribution in [0.15, 0.2) is 41.3 Å². The molecule has 3 N–H and O–H groups in total. The van der Waals surface area contributed by atoms with E-state index in [0.717, 1.165) is 0 Å². The fraction of sp³-hybridized carbons (Fsp3) is 0.188. The molecular weight excluding hydrogens is 375 g/mol. The van der Waals surface area contributed by atoms with Crippen LogP contribution in [0.2, 0.25) is 0 Å². The second-order valence-corrected chi connectivity index (χ2v) is 6.98. The molecule has 140 valence electrons. The first kappa shape index (κ1) is 19.6. The van der Waals surface area contributed by atoms with Gasteiger partial charge in [0, 0.05) is 0 Å². The van der Waals surface area contributed by atoms with Gasteiger partial charge in [-0.1, -0.05) is 13.0 Å². The lowest BCUT2D eigenvalue weighted by molar-refractivity contribution is -0.137. The van der Waals surface area contributed by atoms with Crippen LogP contribution < -0.4 is 4.72 Å². The lowest BCUT2D eigenvalue weighted by Gasteiger charge is -2.14. The molecule has 0 aliphatic carbocycles. The van der Waals surface area contributed by atoms with Crippen LogP contribution in [0, 0.1) is 0 Å². The van der Waals surface area contributed by atoms with Gasteiger partial charge in [0.15, 0.2) is 0 Å². The van der Waals surface area contributed by atoms with Crippen molar-refractivity contribution in [3.05, 3.63) is 53.1 Å². The Morgan fingerprint density at radius 1 is 1.15 bits per heavy atom. The minimum Gasteiger partial charge on any atom is -0.507 e. The SMILES string of the molecule is CCc1ccc(NS(=O)(=O)c2cc(C(F)(F)F)ccc2O)c(C(=O)O)c1. The number of phenols is 1. The van der Waals surface area contributed by atoms with Crippen LogP contribution >= 0.6 is 0 Å². The third kappa shape index (κ3) is 4.07. The lowest BCUT2D eigenvalue weighted by Crippen LogP contribution is -2.17. The Balaban J connectivity index is 2.52. The number of halogens is 3. The number of aryl methyl sites for hydroxylation is 1. The highest BCUT2D eigenvalue weighted by molar-refractivity contribution is 7.92. The average Bonchev–Trinajstić information content (AvgIpc) is 2.53. The number of hydrogen-bond acceptors (Lipinski definition) is 4. The summed E-state index contributed by atoms with van der Waals surface area (Å²) in [6, 6.07) is 5.36. The number of phenolic OH excluding ortho intramolecular Hbond substituents is 1. The van der Waals surface area contributed by atoms with Gasteiger partial charge < -0.3 is 10.2 Å². The maximum atomic E-state index is 12.8. The molecule has 0 aromatic heterocycles. The van der Waals surface area contributed by atoms with Gasteiger partial charge in [-0.15, -0.1) is 0 Å². The molecule has 0 radical (unpaired) electrons. The van der Waals surface area contributed by atoms with Gasteiger partial charge in [0.05, 0.1) is 16.8 Å². The maximum absolute atomic E-state index is 12.8. The minimum absolute atomic E-state index is 0.276. The summed E-state index contributed by atoms with van der Waals surface area (Å²) in [4.78, 5) is 10.3. The Bertz CT molecular complexity index is 955. The number of alkyl halides is 3. The Hall–Kier alpha value is -2.75. The van der Waals surface area contributed by atoms with E-state index < -0.39 is 38.4 Å². The van der Waals surface area contributed by atoms with E-state index >= 15 is 0 Å². The van der Waals surface area contributed by atoms with Gasteiger partial charge in [-0.05, 0) is 42.3 Å². The average molecular weight is 389 g/mol. The summed E-state index contributed by atoms with van der Waals surface area (Å²) >= 11 is 0. The molecular formula is C16H14F3NO5S. The number of carbonyl (C=O) groups is 1. The van der Waals surface area contributed by atoms with Crippen molar-refractivity contribution in [2.45, 2.75) is 24.4 Å². The van der Waals surface area contributed by atoms with Crippen LogP contribution in [-0.4, -0.2) is 24.6 Å². The van der Waals surface area contributed by atoms with Gasteiger partial charge >= 0.3 is 12.1 Å². The molecule has 0 saturated carbocycles. The molecule has 0 saturated heterocycles. The van der Waals surface area contributed by atoms with Gasteiger partial charge in [-0.2, -0.15) is 13.2 Å². The molecule has 0 amide bonds. The number of rotatable bonds is 5. The van der Waals surface area contributed by atoms with Gasteiger partial charge in [0.2, 0.25) is 0 Å². The van der Waals surface area contributed by atoms with E-state index in [9.17, 15) is 36.6 Å². The Labute approximate surface area is 147 Å². The van der Waals surface area contributed by atoms with Gasteiger partial charge in [0.1, 0.15) is 10.6 Å². The van der Waals surface area contributed by atoms with Crippen molar-refractivity contribution in [3.8, 4) is 5.75 Å². The molecule has 0 aliphatic heterocycles. The van der Waals surface area contributed by atoms with Crippen molar-refractivity contribution in [1.82, 2.24) is 0 Å². The molecule has 2 aromatic carbocycles. The Kier molecular flexibility index (Phi) is 5.17. The summed E-state index contributed by atoms with van der Waals surface area (Å²) < 4.78 is 65.1. The minimum atomic E-state index is -4.81. The fourth-order valence-corrected chi connectivity index (χ4v) is 3.39. The first-order chi connectivity index (χ1) is 12.0. The van der Waals surface area contributed by atoms with Crippen LogP contribution in [0.3, 0.4) is 0 Å². The number of benzene rings is 2. The van der Waals surface area contributed by atoms with E-state index in [2.05, 4.69) is 0 Å². The molecule has 0 bridgehead atoms. The number of nitrogens with one attached hydrogen (secondary N) is 1. The van der Waals surface area contributed by atoms with Crippen molar-refractivity contribution in [1.29, 1.82) is 0 Å². The van der Waals surface area contributed by atoms with Crippen LogP contribution in [-0.2, 0) is 22.6 Å². The van der Waals surface area contributed by atoms with Crippen LogP contribution in [0.25, 0.3) is 0 Å². The summed E-state index contributed by atoms with van der Waals surface area (Å²) in [6.45, 7) is 1.77. The second-order valence-electron chi connectivity index (χ2n) is 5.32. The molecule has 0 atom stereocenters. The van der Waals surface area contributed by atoms with Crippen molar-refractivity contribution >= 4 is 21.7 Å². The van der Waals surface area contributed by atoms with E-state index in [0.29, 0.717) is 24.1 Å². The summed E-state index contributed by atoms with van der Waals surface area (Å²) in [5, 5.41) is 18.9. The molecule has 0 unspecified atom stereocenters. The lowest BCUT2D eigenvalue weighted by atomic mass is 10.1. The molecule has 0 aliphatic rings. The fourth-order valence-electron chi connectivity index (χ4n) is 2.18. The third-order valence-electron chi connectivity index (χ3n) is 3.54. The summed E-state index contributed by atoms with van der Waals surface area (Å²) in [5.74, 6) is -2.31. The second kappa shape index (κ2) is 6.87. The molecule has 0 fully saturated rings. The zero-order valence-electron chi connectivity index (χ0n) is 13.3. The van der Waals surface area contributed by atoms with E-state index in [4.69, 9.17) is 0 Å². The highest BCUT2D eigenvalue weighted by Gasteiger charge is 2.33. The van der Waals surface area contributed by atoms with Crippen LogP contribution in [0.5, 0.6) is 5.75 Å². The van der Waals surface area contributed by atoms with Gasteiger partial charge in [-0.25, -0.2) is 13.2 Å². The zero-order chi connectivity index (χ0) is 19.7. The Morgan fingerprint density at radius 3 is 2.35 bits per heavy atom. The molecule has 26 heavy (non-hydrogen) atoms. The molecule has 10 heteroatoms. The number of anilines is 1. The number of aromatic hydroxyl groups is 1. The van der Waals surface area contributed by atoms with E-state index in [-0.39, 0.29) is 17.3 Å². The first-order valence-corrected chi connectivity index (χ1v) is 8.73. The largest absolute Gasteiger partial charge is 0.507 e. The number of aromatic carboxylic acids is 1. The number of carboxylic acid groups (broad SMARTS) is 1. The predicted octanol–water partition coefficient (Wildman–Crippen LogP) is 3.47. The number of sulfonamides is 1. The monoisotopic (exact) mass is 389 g/mol. The van der Waals surface area contributed by atoms with Crippen molar-refractivity contribution in [2.75, 3.05) is 4.72 Å². The molecule has 0 heterocycles. The van der Waals surface area contributed by atoms with E-state index in [1.165, 1.54) is 18.2 Å². The number of hydrogen-bond donors (Lipinski definition) is 3. The molecule has 2 rings (SSSR count). The first-order valence-electron chi connectivity index (χ1n) is 7.25. The summed E-state index contributed by atoms with van der Waals surface area (Å²) in [6.07, 6.45) is -4.31. The highest BCUT2D eigenvalue weighted by Crippen LogP contribution is 2.34. The topological polar surface area (TPSA) is 104 Å². The van der Waals surface area contributed by atoms with E-state index in [1.54, 1.807) is 6.92 Å². The van der Waals surface area contributed by atoms with Crippen molar-refractivity contribution in [3.63, 3.8) is 0 Å². The zero-order valence-corrected chi connectivity index (χ0v) is 14.1. The van der Waals surface area contributed by atoms with Crippen molar-refractivity contribution in [2.24, 2.45) is 0 Å². The Morgan fingerprint density at radius 2 is 1.81 bits per heavy atom. The molecule has 6 nitrogen and oxygen atoms in total. The highest BCUT2D eigenvalue weighted by atomic mass is 32.2. The standard InChI is InChI=1S/C16H14F3NO5S/c1-2-9-3-5-12(11(7-9)15(22)23)20-26(24,25)14-8-10(16(17,18)19)4-6-13(14)21/h3-8,20-21H,2H2,1H3,(H,22,23). The quantitative estimate of drug-likeness (QED) is 0.726. The summed E-state index contributed by atoms with van der Waals surface area (Å²) in [5.41, 5.74) is -1.33. The smallest absolute Gasteiger partial charge is 0.416 e. The van der Waals surface area contributed by atoms with Gasteiger partial charge in [-0.3, -0.25) is 4.72 Å². The molecule has 0 spiro atoms. The van der Waals surface area contributed by atoms with Crippen LogP contribution in [0.1, 0.15) is 28.4 Å². The van der Waals surface area contributed by atoms with Crippen LogP contribution in [0.4, 0.5) is 18.9 Å². The van der Waals surface area contributed by atoms with E-state index in [1.807, 2.05) is 4.72 Å². The third-order valence-corrected chi connectivity index (χ3v) is 4.94. The number of carboxylic acids is 1.